The monoisotopic (exact) mass is 512 g/mol. The predicted molar refractivity (Wildman–Crippen MR) is 125 cm³/mol. The van der Waals surface area contributed by atoms with Crippen molar-refractivity contribution in [2.24, 2.45) is 5.73 Å². The van der Waals surface area contributed by atoms with Gasteiger partial charge in [0.25, 0.3) is 0 Å². The Balaban J connectivity index is 3.13. The second-order valence-electron chi connectivity index (χ2n) is 7.11. The summed E-state index contributed by atoms with van der Waals surface area (Å²) in [5.41, 5.74) is 5.34. The van der Waals surface area contributed by atoms with Crippen LogP contribution >= 0.6 is 0 Å². The first-order valence-electron chi connectivity index (χ1n) is 11.9. The Morgan fingerprint density at radius 3 is 1.34 bits per heavy atom. The van der Waals surface area contributed by atoms with E-state index in [4.69, 9.17) is 48.7 Å². The van der Waals surface area contributed by atoms with E-state index in [0.717, 1.165) is 0 Å². The second-order valence-corrected chi connectivity index (χ2v) is 7.11. The average Bonchev–Trinajstić information content (AvgIpc) is 2.85. The first-order valence-corrected chi connectivity index (χ1v) is 11.9. The zero-order valence-electron chi connectivity index (χ0n) is 20.9. The van der Waals surface area contributed by atoms with E-state index in [1.807, 2.05) is 0 Å². The number of ether oxygens (including phenoxy) is 8. The number of nitrogens with one attached hydrogen (secondary N) is 1. The molecule has 4 N–H and O–H groups in total. The summed E-state index contributed by atoms with van der Waals surface area (Å²) in [7, 11) is 1.63. The number of hydrogen-bond donors (Lipinski definition) is 3. The van der Waals surface area contributed by atoms with Crippen molar-refractivity contribution in [1.82, 2.24) is 5.32 Å². The van der Waals surface area contributed by atoms with Gasteiger partial charge in [-0.3, -0.25) is 9.59 Å². The van der Waals surface area contributed by atoms with Crippen molar-refractivity contribution >= 4 is 11.9 Å². The number of carboxylic acid groups (broad SMARTS) is 1. The normalized spacial score (nSPS) is 12.1. The highest BCUT2D eigenvalue weighted by Crippen LogP contribution is 1.94. The van der Waals surface area contributed by atoms with Crippen molar-refractivity contribution in [3.05, 3.63) is 0 Å². The number of nitrogens with two attached hydrogens (primary N) is 1. The molecule has 0 saturated heterocycles. The van der Waals surface area contributed by atoms with Crippen LogP contribution < -0.4 is 11.1 Å². The Labute approximate surface area is 207 Å². The molecule has 0 fully saturated rings. The molecule has 13 heteroatoms. The molecular formula is C22H44N2O11. The van der Waals surface area contributed by atoms with E-state index in [9.17, 15) is 9.59 Å². The molecule has 0 aliphatic rings. The third kappa shape index (κ3) is 27.0. The fourth-order valence-electron chi connectivity index (χ4n) is 2.32. The molecule has 0 rings (SSSR count). The van der Waals surface area contributed by atoms with Crippen LogP contribution in [-0.2, 0) is 47.5 Å². The van der Waals surface area contributed by atoms with Gasteiger partial charge in [-0.2, -0.15) is 0 Å². The summed E-state index contributed by atoms with van der Waals surface area (Å²) in [6.45, 7) is 7.62. The molecule has 208 valence electrons. The maximum Gasteiger partial charge on any atom is 0.320 e. The SMILES string of the molecule is COCCOCCOCCOCCOCCOCCOCCOCCNC(=O)CC[C@H](N)C(=O)O. The first kappa shape index (κ1) is 33.6. The Hall–Kier alpha value is -1.42. The third-order valence-electron chi connectivity index (χ3n) is 4.23. The Bertz CT molecular complexity index is 486. The Kier molecular flexibility index (Phi) is 26.1. The van der Waals surface area contributed by atoms with Crippen molar-refractivity contribution in [1.29, 1.82) is 0 Å². The van der Waals surface area contributed by atoms with Gasteiger partial charge in [-0.05, 0) is 6.42 Å². The van der Waals surface area contributed by atoms with Gasteiger partial charge in [0.05, 0.1) is 99.1 Å². The number of amides is 1. The number of rotatable bonds is 28. The topological polar surface area (TPSA) is 166 Å². The van der Waals surface area contributed by atoms with E-state index < -0.39 is 12.0 Å². The average molecular weight is 513 g/mol. The van der Waals surface area contributed by atoms with Crippen molar-refractivity contribution in [2.45, 2.75) is 18.9 Å². The molecule has 35 heavy (non-hydrogen) atoms. The summed E-state index contributed by atoms with van der Waals surface area (Å²) in [4.78, 5) is 22.1. The lowest BCUT2D eigenvalue weighted by atomic mass is 10.1. The summed E-state index contributed by atoms with van der Waals surface area (Å²) >= 11 is 0. The number of carbonyl (C=O) groups is 2. The number of methoxy groups -OCH3 is 1. The molecule has 0 bridgehead atoms. The van der Waals surface area contributed by atoms with Gasteiger partial charge in [0.15, 0.2) is 0 Å². The van der Waals surface area contributed by atoms with E-state index >= 15 is 0 Å². The van der Waals surface area contributed by atoms with Crippen LogP contribution in [0.15, 0.2) is 0 Å². The van der Waals surface area contributed by atoms with Crippen molar-refractivity contribution in [3.63, 3.8) is 0 Å². The van der Waals surface area contributed by atoms with Crippen LogP contribution in [0.4, 0.5) is 0 Å². The van der Waals surface area contributed by atoms with Crippen LogP contribution in [0, 0.1) is 0 Å². The lowest BCUT2D eigenvalue weighted by molar-refractivity contribution is -0.138. The fraction of sp³-hybridized carbons (Fsp3) is 0.909. The van der Waals surface area contributed by atoms with Gasteiger partial charge in [-0.1, -0.05) is 0 Å². The summed E-state index contributed by atoms with van der Waals surface area (Å²) in [6.07, 6.45) is 0.166. The van der Waals surface area contributed by atoms with Gasteiger partial charge < -0.3 is 54.1 Å². The molecule has 13 nitrogen and oxygen atoms in total. The predicted octanol–water partition coefficient (Wildman–Crippen LogP) is -0.943. The van der Waals surface area contributed by atoms with E-state index in [1.165, 1.54) is 0 Å². The van der Waals surface area contributed by atoms with Crippen LogP contribution in [0.5, 0.6) is 0 Å². The third-order valence-corrected chi connectivity index (χ3v) is 4.23. The molecule has 0 aromatic heterocycles. The van der Waals surface area contributed by atoms with Gasteiger partial charge in [-0.15, -0.1) is 0 Å². The van der Waals surface area contributed by atoms with Crippen molar-refractivity contribution < 1.29 is 52.6 Å². The molecule has 0 aromatic carbocycles. The highest BCUT2D eigenvalue weighted by molar-refractivity contribution is 5.78. The molecule has 1 atom stereocenters. The Morgan fingerprint density at radius 1 is 0.657 bits per heavy atom. The molecule has 0 aromatic rings. The van der Waals surface area contributed by atoms with Crippen LogP contribution in [-0.4, -0.2) is 136 Å². The molecule has 0 unspecified atom stereocenters. The highest BCUT2D eigenvalue weighted by atomic mass is 16.6. The lowest BCUT2D eigenvalue weighted by Crippen LogP contribution is -2.33. The first-order chi connectivity index (χ1) is 17.1. The number of hydrogen-bond acceptors (Lipinski definition) is 11. The summed E-state index contributed by atoms with van der Waals surface area (Å²) in [5.74, 6) is -1.37. The van der Waals surface area contributed by atoms with Crippen LogP contribution in [0.3, 0.4) is 0 Å². The maximum atomic E-state index is 11.5. The lowest BCUT2D eigenvalue weighted by Gasteiger charge is -2.09. The van der Waals surface area contributed by atoms with Crippen LogP contribution in [0.2, 0.25) is 0 Å². The van der Waals surface area contributed by atoms with Gasteiger partial charge in [0, 0.05) is 20.1 Å². The summed E-state index contributed by atoms with van der Waals surface area (Å²) < 4.78 is 42.4. The molecular weight excluding hydrogens is 468 g/mol. The van der Waals surface area contributed by atoms with E-state index in [-0.39, 0.29) is 18.7 Å². The van der Waals surface area contributed by atoms with E-state index in [0.29, 0.717) is 106 Å². The summed E-state index contributed by atoms with van der Waals surface area (Å²) in [6, 6.07) is -1.02. The zero-order valence-corrected chi connectivity index (χ0v) is 20.9. The molecule has 0 aliphatic carbocycles. The quantitative estimate of drug-likeness (QED) is 0.110. The molecule has 0 spiro atoms. The zero-order chi connectivity index (χ0) is 25.8. The minimum Gasteiger partial charge on any atom is -0.480 e. The summed E-state index contributed by atoms with van der Waals surface area (Å²) in [5, 5.41) is 11.3. The van der Waals surface area contributed by atoms with E-state index in [2.05, 4.69) is 5.32 Å². The minimum absolute atomic E-state index is 0.0674. The van der Waals surface area contributed by atoms with Gasteiger partial charge in [-0.25, -0.2) is 0 Å². The van der Waals surface area contributed by atoms with Gasteiger partial charge in [0.2, 0.25) is 5.91 Å². The molecule has 0 saturated carbocycles. The smallest absolute Gasteiger partial charge is 0.320 e. The fourth-order valence-corrected chi connectivity index (χ4v) is 2.32. The molecule has 0 heterocycles. The van der Waals surface area contributed by atoms with Gasteiger partial charge in [0.1, 0.15) is 6.04 Å². The maximum absolute atomic E-state index is 11.5. The largest absolute Gasteiger partial charge is 0.480 e. The van der Waals surface area contributed by atoms with Gasteiger partial charge >= 0.3 is 5.97 Å². The van der Waals surface area contributed by atoms with Crippen LogP contribution in [0.1, 0.15) is 12.8 Å². The second kappa shape index (κ2) is 27.2. The molecule has 1 amide bonds. The minimum atomic E-state index is -1.12. The molecule has 0 radical (unpaired) electrons. The number of carbonyl (C=O) groups excluding carboxylic acids is 1. The highest BCUT2D eigenvalue weighted by Gasteiger charge is 2.12. The van der Waals surface area contributed by atoms with Crippen molar-refractivity contribution in [3.8, 4) is 0 Å². The standard InChI is InChI=1S/C22H44N2O11/c1-28-6-7-30-10-11-32-14-15-34-18-19-35-17-16-33-13-12-31-9-8-29-5-4-24-21(25)3-2-20(23)22(26)27/h20H,2-19,23H2,1H3,(H,24,25)(H,26,27)/t20-/m0/s1. The van der Waals surface area contributed by atoms with Crippen molar-refractivity contribution in [2.75, 3.05) is 113 Å². The van der Waals surface area contributed by atoms with E-state index in [1.54, 1.807) is 7.11 Å². The van der Waals surface area contributed by atoms with Crippen LogP contribution in [0.25, 0.3) is 0 Å². The Morgan fingerprint density at radius 2 is 1.00 bits per heavy atom. The number of carboxylic acids is 1. The number of aliphatic carboxylic acids is 1. The molecule has 0 aliphatic heterocycles.